The molecule has 0 saturated heterocycles. The fourth-order valence-corrected chi connectivity index (χ4v) is 3.71. The van der Waals surface area contributed by atoms with E-state index in [1.54, 1.807) is 12.1 Å². The maximum absolute atomic E-state index is 13.1. The Hall–Kier alpha value is -1.88. The molecule has 154 valence electrons. The van der Waals surface area contributed by atoms with Crippen LogP contribution in [0.1, 0.15) is 41.7 Å². The standard InChI is InChI=1S/C23H31NO3.ClH/c1-6-24(7-2)13-14-27-22(25)23(26,20-11-9-8-10-12-20)21-18(4)15-17(3)16-19(21)5;/h8-12,15-16,26H,6-7,13-14H2,1-5H3;1H. The van der Waals surface area contributed by atoms with E-state index in [-0.39, 0.29) is 19.0 Å². The van der Waals surface area contributed by atoms with E-state index in [2.05, 4.69) is 18.7 Å². The summed E-state index contributed by atoms with van der Waals surface area (Å²) in [5, 5.41) is 11.7. The van der Waals surface area contributed by atoms with Crippen LogP contribution < -0.4 is 0 Å². The molecule has 0 fully saturated rings. The Labute approximate surface area is 174 Å². The number of esters is 1. The zero-order valence-corrected chi connectivity index (χ0v) is 18.3. The predicted molar refractivity (Wildman–Crippen MR) is 116 cm³/mol. The van der Waals surface area contributed by atoms with Gasteiger partial charge in [-0.2, -0.15) is 0 Å². The van der Waals surface area contributed by atoms with Gasteiger partial charge in [0.2, 0.25) is 5.60 Å². The molecule has 0 spiro atoms. The van der Waals surface area contributed by atoms with Gasteiger partial charge in [-0.1, -0.05) is 61.9 Å². The van der Waals surface area contributed by atoms with Crippen molar-refractivity contribution in [2.24, 2.45) is 0 Å². The SMILES string of the molecule is CCN(CC)CCOC(=O)C(O)(c1ccccc1)c1c(C)cc(C)cc1C.Cl. The summed E-state index contributed by atoms with van der Waals surface area (Å²) >= 11 is 0. The maximum atomic E-state index is 13.1. The number of likely N-dealkylation sites (N-methyl/N-ethyl adjacent to an activating group) is 1. The van der Waals surface area contributed by atoms with Crippen LogP contribution in [0.4, 0.5) is 0 Å². The number of hydrogen-bond donors (Lipinski definition) is 1. The molecule has 0 bridgehead atoms. The monoisotopic (exact) mass is 405 g/mol. The summed E-state index contributed by atoms with van der Waals surface area (Å²) in [5.41, 5.74) is 2.14. The number of ether oxygens (including phenoxy) is 1. The van der Waals surface area contributed by atoms with Crippen molar-refractivity contribution in [3.8, 4) is 0 Å². The molecule has 0 saturated carbocycles. The summed E-state index contributed by atoms with van der Waals surface area (Å²) in [6.07, 6.45) is 0. The average molecular weight is 406 g/mol. The van der Waals surface area contributed by atoms with Gasteiger partial charge in [-0.25, -0.2) is 4.79 Å². The van der Waals surface area contributed by atoms with Crippen LogP contribution in [-0.4, -0.2) is 42.2 Å². The molecule has 2 rings (SSSR count). The molecule has 1 atom stereocenters. The Bertz CT molecular complexity index is 752. The molecule has 1 unspecified atom stereocenters. The number of rotatable bonds is 8. The zero-order valence-electron chi connectivity index (χ0n) is 17.5. The Morgan fingerprint density at radius 2 is 1.57 bits per heavy atom. The van der Waals surface area contributed by atoms with E-state index in [0.29, 0.717) is 17.7 Å². The van der Waals surface area contributed by atoms with Crippen molar-refractivity contribution >= 4 is 18.4 Å². The Balaban J connectivity index is 0.00000392. The van der Waals surface area contributed by atoms with Crippen LogP contribution in [0, 0.1) is 20.8 Å². The first kappa shape index (κ1) is 24.2. The summed E-state index contributed by atoms with van der Waals surface area (Å²) in [5.74, 6) is -0.629. The van der Waals surface area contributed by atoms with Crippen molar-refractivity contribution in [3.05, 3.63) is 70.3 Å². The Morgan fingerprint density at radius 3 is 2.07 bits per heavy atom. The second kappa shape index (κ2) is 10.6. The van der Waals surface area contributed by atoms with Gasteiger partial charge in [-0.15, -0.1) is 12.4 Å². The number of carbonyl (C=O) groups is 1. The first-order valence-electron chi connectivity index (χ1n) is 9.60. The lowest BCUT2D eigenvalue weighted by atomic mass is 9.80. The van der Waals surface area contributed by atoms with Gasteiger partial charge in [0.15, 0.2) is 0 Å². The van der Waals surface area contributed by atoms with Crippen molar-refractivity contribution < 1.29 is 14.6 Å². The average Bonchev–Trinajstić information content (AvgIpc) is 2.64. The van der Waals surface area contributed by atoms with Gasteiger partial charge in [-0.05, 0) is 50.6 Å². The summed E-state index contributed by atoms with van der Waals surface area (Å²) in [4.78, 5) is 15.3. The molecular weight excluding hydrogens is 374 g/mol. The second-order valence-electron chi connectivity index (χ2n) is 7.01. The molecule has 2 aromatic rings. The minimum absolute atomic E-state index is 0. The molecule has 0 radical (unpaired) electrons. The quantitative estimate of drug-likeness (QED) is 0.670. The number of nitrogens with zero attached hydrogens (tertiary/aromatic N) is 1. The van der Waals surface area contributed by atoms with Crippen LogP contribution >= 0.6 is 12.4 Å². The number of benzene rings is 2. The third kappa shape index (κ3) is 5.13. The number of aliphatic hydroxyl groups is 1. The van der Waals surface area contributed by atoms with Crippen LogP contribution in [0.15, 0.2) is 42.5 Å². The minimum atomic E-state index is -1.83. The van der Waals surface area contributed by atoms with E-state index in [0.717, 1.165) is 29.8 Å². The first-order chi connectivity index (χ1) is 12.8. The molecule has 4 nitrogen and oxygen atoms in total. The highest BCUT2D eigenvalue weighted by atomic mass is 35.5. The van der Waals surface area contributed by atoms with Crippen LogP contribution in [0.25, 0.3) is 0 Å². The van der Waals surface area contributed by atoms with Gasteiger partial charge in [-0.3, -0.25) is 0 Å². The fourth-order valence-electron chi connectivity index (χ4n) is 3.71. The summed E-state index contributed by atoms with van der Waals surface area (Å²) in [7, 11) is 0. The van der Waals surface area contributed by atoms with E-state index in [1.165, 1.54) is 0 Å². The lowest BCUT2D eigenvalue weighted by molar-refractivity contribution is -0.162. The number of hydrogen-bond acceptors (Lipinski definition) is 4. The van der Waals surface area contributed by atoms with Gasteiger partial charge in [0.1, 0.15) is 6.61 Å². The number of halogens is 1. The normalized spacial score (nSPS) is 13.0. The third-order valence-corrected chi connectivity index (χ3v) is 5.06. The molecule has 5 heteroatoms. The molecule has 2 aromatic carbocycles. The molecule has 0 aliphatic heterocycles. The number of aryl methyl sites for hydroxylation is 3. The van der Waals surface area contributed by atoms with E-state index >= 15 is 0 Å². The Kier molecular flexibility index (Phi) is 9.15. The van der Waals surface area contributed by atoms with Crippen molar-refractivity contribution in [2.45, 2.75) is 40.2 Å². The topological polar surface area (TPSA) is 49.8 Å². The highest BCUT2D eigenvalue weighted by molar-refractivity contribution is 5.86. The van der Waals surface area contributed by atoms with Gasteiger partial charge in [0, 0.05) is 12.1 Å². The lowest BCUT2D eigenvalue weighted by Gasteiger charge is -2.30. The molecule has 28 heavy (non-hydrogen) atoms. The summed E-state index contributed by atoms with van der Waals surface area (Å²) in [6, 6.07) is 13.0. The summed E-state index contributed by atoms with van der Waals surface area (Å²) < 4.78 is 5.56. The van der Waals surface area contributed by atoms with E-state index in [9.17, 15) is 9.90 Å². The molecular formula is C23H32ClNO3. The van der Waals surface area contributed by atoms with E-state index < -0.39 is 11.6 Å². The van der Waals surface area contributed by atoms with Crippen molar-refractivity contribution in [1.29, 1.82) is 0 Å². The molecule has 0 aliphatic carbocycles. The highest BCUT2D eigenvalue weighted by Gasteiger charge is 2.43. The van der Waals surface area contributed by atoms with Crippen LogP contribution in [0.2, 0.25) is 0 Å². The van der Waals surface area contributed by atoms with Gasteiger partial charge in [0.25, 0.3) is 0 Å². The molecule has 1 N–H and O–H groups in total. The molecule has 0 aromatic heterocycles. The third-order valence-electron chi connectivity index (χ3n) is 5.06. The minimum Gasteiger partial charge on any atom is -0.462 e. The predicted octanol–water partition coefficient (Wildman–Crippen LogP) is 4.15. The van der Waals surface area contributed by atoms with Crippen LogP contribution in [0.3, 0.4) is 0 Å². The van der Waals surface area contributed by atoms with Crippen LogP contribution in [0.5, 0.6) is 0 Å². The second-order valence-corrected chi connectivity index (χ2v) is 7.01. The van der Waals surface area contributed by atoms with Crippen molar-refractivity contribution in [3.63, 3.8) is 0 Å². The largest absolute Gasteiger partial charge is 0.462 e. The first-order valence-corrected chi connectivity index (χ1v) is 9.60. The highest BCUT2D eigenvalue weighted by Crippen LogP contribution is 2.36. The maximum Gasteiger partial charge on any atom is 0.347 e. The van der Waals surface area contributed by atoms with E-state index in [1.807, 2.05) is 51.1 Å². The van der Waals surface area contributed by atoms with Crippen molar-refractivity contribution in [2.75, 3.05) is 26.2 Å². The fraction of sp³-hybridized carbons (Fsp3) is 0.435. The molecule has 0 amide bonds. The summed E-state index contributed by atoms with van der Waals surface area (Å²) in [6.45, 7) is 12.7. The number of carbonyl (C=O) groups excluding carboxylic acids is 1. The zero-order chi connectivity index (χ0) is 20.0. The van der Waals surface area contributed by atoms with Crippen LogP contribution in [-0.2, 0) is 15.1 Å². The van der Waals surface area contributed by atoms with Gasteiger partial charge < -0.3 is 14.7 Å². The Morgan fingerprint density at radius 1 is 1.04 bits per heavy atom. The smallest absolute Gasteiger partial charge is 0.347 e. The molecule has 0 heterocycles. The van der Waals surface area contributed by atoms with E-state index in [4.69, 9.17) is 4.74 Å². The van der Waals surface area contributed by atoms with Gasteiger partial charge in [0.05, 0.1) is 0 Å². The van der Waals surface area contributed by atoms with Gasteiger partial charge >= 0.3 is 5.97 Å². The lowest BCUT2D eigenvalue weighted by Crippen LogP contribution is -2.41. The van der Waals surface area contributed by atoms with Crippen molar-refractivity contribution in [1.82, 2.24) is 4.90 Å². The molecule has 0 aliphatic rings.